The Morgan fingerprint density at radius 2 is 1.93 bits per heavy atom. The number of ether oxygens (including phenoxy) is 1. The number of pyridine rings is 1. The standard InChI is InChI=1S/C23H26ClN3O/c1-26(2)20-10-11-27(15-20)14-18-12-17-6-9-21(28-3)13-22(17)25-23(18)16-4-7-19(24)8-5-16/h4-9,12-13,20H,10-11,14-15H2,1-3H3/t20-/m1/s1. The maximum Gasteiger partial charge on any atom is 0.121 e. The second-order valence-electron chi connectivity index (χ2n) is 7.70. The number of likely N-dealkylation sites (N-methyl/N-ethyl adjacent to an activating group) is 1. The maximum absolute atomic E-state index is 6.11. The van der Waals surface area contributed by atoms with Crippen molar-refractivity contribution in [3.8, 4) is 17.0 Å². The molecule has 0 N–H and O–H groups in total. The molecule has 1 fully saturated rings. The smallest absolute Gasteiger partial charge is 0.121 e. The number of hydrogen-bond acceptors (Lipinski definition) is 4. The third kappa shape index (κ3) is 4.00. The van der Waals surface area contributed by atoms with Gasteiger partial charge in [-0.15, -0.1) is 0 Å². The first-order valence-electron chi connectivity index (χ1n) is 9.66. The number of benzene rings is 2. The van der Waals surface area contributed by atoms with Crippen LogP contribution in [0.25, 0.3) is 22.2 Å². The van der Waals surface area contributed by atoms with E-state index in [-0.39, 0.29) is 0 Å². The van der Waals surface area contributed by atoms with Gasteiger partial charge >= 0.3 is 0 Å². The lowest BCUT2D eigenvalue weighted by atomic mass is 10.0. The van der Waals surface area contributed by atoms with Gasteiger partial charge in [-0.25, -0.2) is 4.98 Å². The van der Waals surface area contributed by atoms with E-state index in [0.717, 1.165) is 52.6 Å². The van der Waals surface area contributed by atoms with Gasteiger partial charge in [0.15, 0.2) is 0 Å². The molecule has 0 aliphatic carbocycles. The van der Waals surface area contributed by atoms with Crippen molar-refractivity contribution in [2.45, 2.75) is 19.0 Å². The lowest BCUT2D eigenvalue weighted by Gasteiger charge is -2.21. The Morgan fingerprint density at radius 1 is 1.14 bits per heavy atom. The zero-order valence-electron chi connectivity index (χ0n) is 16.7. The van der Waals surface area contributed by atoms with Gasteiger partial charge in [0.2, 0.25) is 0 Å². The molecule has 5 heteroatoms. The maximum atomic E-state index is 6.11. The summed E-state index contributed by atoms with van der Waals surface area (Å²) >= 11 is 6.11. The summed E-state index contributed by atoms with van der Waals surface area (Å²) in [4.78, 5) is 9.87. The summed E-state index contributed by atoms with van der Waals surface area (Å²) in [6.45, 7) is 3.11. The van der Waals surface area contributed by atoms with Crippen molar-refractivity contribution in [3.05, 3.63) is 59.1 Å². The Morgan fingerprint density at radius 3 is 2.61 bits per heavy atom. The van der Waals surface area contributed by atoms with Gasteiger partial charge < -0.3 is 9.64 Å². The molecule has 2 heterocycles. The van der Waals surface area contributed by atoms with Crippen molar-refractivity contribution in [2.75, 3.05) is 34.3 Å². The number of aromatic nitrogens is 1. The van der Waals surface area contributed by atoms with Gasteiger partial charge in [-0.05, 0) is 56.4 Å². The van der Waals surface area contributed by atoms with Crippen LogP contribution in [-0.2, 0) is 6.54 Å². The Hall–Kier alpha value is -2.14. The molecule has 1 aliphatic rings. The SMILES string of the molecule is COc1ccc2cc(CN3CC[C@@H](N(C)C)C3)c(-c3ccc(Cl)cc3)nc2c1. The van der Waals surface area contributed by atoms with Crippen LogP contribution in [0.5, 0.6) is 5.75 Å². The topological polar surface area (TPSA) is 28.6 Å². The van der Waals surface area contributed by atoms with Crippen molar-refractivity contribution in [1.29, 1.82) is 0 Å². The zero-order chi connectivity index (χ0) is 19.7. The fourth-order valence-electron chi connectivity index (χ4n) is 3.91. The first-order valence-corrected chi connectivity index (χ1v) is 10.0. The van der Waals surface area contributed by atoms with Gasteiger partial charge in [0.25, 0.3) is 0 Å². The van der Waals surface area contributed by atoms with E-state index in [1.54, 1.807) is 7.11 Å². The van der Waals surface area contributed by atoms with Crippen LogP contribution in [0.15, 0.2) is 48.5 Å². The monoisotopic (exact) mass is 395 g/mol. The molecule has 0 bridgehead atoms. The van der Waals surface area contributed by atoms with Crippen LogP contribution in [0.1, 0.15) is 12.0 Å². The molecule has 1 aliphatic heterocycles. The van der Waals surface area contributed by atoms with E-state index in [1.165, 1.54) is 12.0 Å². The van der Waals surface area contributed by atoms with E-state index in [4.69, 9.17) is 21.3 Å². The van der Waals surface area contributed by atoms with Crippen LogP contribution >= 0.6 is 11.6 Å². The van der Waals surface area contributed by atoms with Crippen LogP contribution < -0.4 is 4.74 Å². The predicted octanol–water partition coefficient (Wildman–Crippen LogP) is 4.70. The number of likely N-dealkylation sites (tertiary alicyclic amines) is 1. The van der Waals surface area contributed by atoms with Crippen LogP contribution in [0, 0.1) is 0 Å². The highest BCUT2D eigenvalue weighted by Crippen LogP contribution is 2.30. The largest absolute Gasteiger partial charge is 0.497 e. The van der Waals surface area contributed by atoms with Crippen molar-refractivity contribution >= 4 is 22.5 Å². The highest BCUT2D eigenvalue weighted by atomic mass is 35.5. The molecule has 0 amide bonds. The number of nitrogens with zero attached hydrogens (tertiary/aromatic N) is 3. The number of methoxy groups -OCH3 is 1. The summed E-state index contributed by atoms with van der Waals surface area (Å²) in [5.41, 5.74) is 4.30. The molecule has 28 heavy (non-hydrogen) atoms. The van der Waals surface area contributed by atoms with Gasteiger partial charge in [-0.3, -0.25) is 4.90 Å². The summed E-state index contributed by atoms with van der Waals surface area (Å²) in [7, 11) is 6.01. The van der Waals surface area contributed by atoms with Crippen LogP contribution in [0.2, 0.25) is 5.02 Å². The lowest BCUT2D eigenvalue weighted by molar-refractivity contribution is 0.265. The fraction of sp³-hybridized carbons (Fsp3) is 0.348. The lowest BCUT2D eigenvalue weighted by Crippen LogP contribution is -2.31. The van der Waals surface area contributed by atoms with Crippen molar-refractivity contribution in [3.63, 3.8) is 0 Å². The summed E-state index contributed by atoms with van der Waals surface area (Å²) in [5.74, 6) is 0.822. The van der Waals surface area contributed by atoms with Gasteiger partial charge in [0, 0.05) is 47.7 Å². The number of rotatable bonds is 5. The molecule has 1 aromatic heterocycles. The van der Waals surface area contributed by atoms with Crippen molar-refractivity contribution in [1.82, 2.24) is 14.8 Å². The summed E-state index contributed by atoms with van der Waals surface area (Å²) in [6.07, 6.45) is 1.21. The molecule has 0 saturated carbocycles. The van der Waals surface area contributed by atoms with E-state index < -0.39 is 0 Å². The third-order valence-corrected chi connectivity index (χ3v) is 5.85. The molecular formula is C23H26ClN3O. The van der Waals surface area contributed by atoms with E-state index in [9.17, 15) is 0 Å². The molecule has 3 aromatic rings. The van der Waals surface area contributed by atoms with E-state index >= 15 is 0 Å². The molecule has 0 unspecified atom stereocenters. The number of hydrogen-bond donors (Lipinski definition) is 0. The van der Waals surface area contributed by atoms with Crippen molar-refractivity contribution < 1.29 is 4.74 Å². The second-order valence-corrected chi connectivity index (χ2v) is 8.14. The molecule has 0 radical (unpaired) electrons. The van der Waals surface area contributed by atoms with Crippen LogP contribution in [0.4, 0.5) is 0 Å². The third-order valence-electron chi connectivity index (χ3n) is 5.59. The van der Waals surface area contributed by atoms with E-state index in [1.807, 2.05) is 36.4 Å². The summed E-state index contributed by atoms with van der Waals surface area (Å²) < 4.78 is 5.39. The molecular weight excluding hydrogens is 370 g/mol. The minimum absolute atomic E-state index is 0.622. The second kappa shape index (κ2) is 8.08. The zero-order valence-corrected chi connectivity index (χ0v) is 17.4. The minimum Gasteiger partial charge on any atom is -0.497 e. The van der Waals surface area contributed by atoms with Gasteiger partial charge in [-0.2, -0.15) is 0 Å². The Labute approximate surface area is 171 Å². The average molecular weight is 396 g/mol. The Kier molecular flexibility index (Phi) is 5.54. The number of halogens is 1. The van der Waals surface area contributed by atoms with Gasteiger partial charge in [0.1, 0.15) is 5.75 Å². The summed E-state index contributed by atoms with van der Waals surface area (Å²) in [5, 5.41) is 1.87. The normalized spacial score (nSPS) is 17.5. The first-order chi connectivity index (χ1) is 13.5. The molecule has 1 saturated heterocycles. The number of fused-ring (bicyclic) bond motifs is 1. The van der Waals surface area contributed by atoms with E-state index in [0.29, 0.717) is 6.04 Å². The van der Waals surface area contributed by atoms with Crippen molar-refractivity contribution in [2.24, 2.45) is 0 Å². The minimum atomic E-state index is 0.622. The highest BCUT2D eigenvalue weighted by molar-refractivity contribution is 6.30. The van der Waals surface area contributed by atoms with Gasteiger partial charge in [0.05, 0.1) is 18.3 Å². The summed E-state index contributed by atoms with van der Waals surface area (Å²) in [6, 6.07) is 16.9. The Balaban J connectivity index is 1.74. The molecule has 146 valence electrons. The quantitative estimate of drug-likeness (QED) is 0.626. The molecule has 1 atom stereocenters. The predicted molar refractivity (Wildman–Crippen MR) is 116 cm³/mol. The molecule has 2 aromatic carbocycles. The average Bonchev–Trinajstić information content (AvgIpc) is 3.17. The molecule has 4 nitrogen and oxygen atoms in total. The first kappa shape index (κ1) is 19.2. The van der Waals surface area contributed by atoms with Crippen LogP contribution in [0.3, 0.4) is 0 Å². The molecule has 4 rings (SSSR count). The Bertz CT molecular complexity index is 971. The van der Waals surface area contributed by atoms with E-state index in [2.05, 4.69) is 36.0 Å². The fourth-order valence-corrected chi connectivity index (χ4v) is 4.04. The highest BCUT2D eigenvalue weighted by Gasteiger charge is 2.25. The van der Waals surface area contributed by atoms with Gasteiger partial charge in [-0.1, -0.05) is 23.7 Å². The van der Waals surface area contributed by atoms with Crippen LogP contribution in [-0.4, -0.2) is 55.1 Å². The molecule has 0 spiro atoms.